The lowest BCUT2D eigenvalue weighted by atomic mass is 9.76. The third kappa shape index (κ3) is 2.63. The van der Waals surface area contributed by atoms with Gasteiger partial charge < -0.3 is 9.47 Å². The molecular formula is C17H23ClO2S. The van der Waals surface area contributed by atoms with E-state index in [1.165, 1.54) is 42.6 Å². The summed E-state index contributed by atoms with van der Waals surface area (Å²) in [5, 5.41) is 0.489. The molecule has 0 bridgehead atoms. The molecule has 0 aromatic heterocycles. The van der Waals surface area contributed by atoms with Crippen molar-refractivity contribution in [3.05, 3.63) is 23.3 Å². The molecule has 1 fully saturated rings. The molecule has 1 saturated carbocycles. The van der Waals surface area contributed by atoms with Crippen molar-refractivity contribution in [2.75, 3.05) is 25.9 Å². The van der Waals surface area contributed by atoms with Crippen LogP contribution in [0.1, 0.15) is 48.5 Å². The van der Waals surface area contributed by atoms with Crippen molar-refractivity contribution in [1.29, 1.82) is 0 Å². The Morgan fingerprint density at radius 3 is 2.48 bits per heavy atom. The highest BCUT2D eigenvalue weighted by Crippen LogP contribution is 2.55. The molecule has 0 radical (unpaired) electrons. The van der Waals surface area contributed by atoms with E-state index in [0.29, 0.717) is 16.5 Å². The summed E-state index contributed by atoms with van der Waals surface area (Å²) in [4.78, 5) is 0. The zero-order valence-electron chi connectivity index (χ0n) is 12.8. The molecule has 1 aromatic rings. The minimum atomic E-state index is 0.350. The van der Waals surface area contributed by atoms with Gasteiger partial charge in [-0.05, 0) is 42.5 Å². The van der Waals surface area contributed by atoms with Gasteiger partial charge in [-0.3, -0.25) is 0 Å². The molecule has 21 heavy (non-hydrogen) atoms. The molecule has 2 aliphatic rings. The Labute approximate surface area is 136 Å². The summed E-state index contributed by atoms with van der Waals surface area (Å²) in [6, 6.07) is 4.43. The summed E-state index contributed by atoms with van der Waals surface area (Å²) < 4.78 is 11.1. The highest BCUT2D eigenvalue weighted by Gasteiger charge is 2.42. The number of halogens is 1. The molecule has 116 valence electrons. The Kier molecular flexibility index (Phi) is 4.60. The van der Waals surface area contributed by atoms with Gasteiger partial charge in [-0.25, -0.2) is 0 Å². The number of benzene rings is 1. The molecule has 1 atom stereocenters. The lowest BCUT2D eigenvalue weighted by Crippen LogP contribution is -2.31. The van der Waals surface area contributed by atoms with Crippen LogP contribution in [0.5, 0.6) is 11.5 Å². The quantitative estimate of drug-likeness (QED) is 0.731. The number of rotatable bonds is 4. The van der Waals surface area contributed by atoms with E-state index < -0.39 is 0 Å². The first-order chi connectivity index (χ1) is 10.2. The normalized spacial score (nSPS) is 23.1. The van der Waals surface area contributed by atoms with Gasteiger partial charge in [-0.1, -0.05) is 12.8 Å². The molecular weight excluding hydrogens is 304 g/mol. The largest absolute Gasteiger partial charge is 0.493 e. The van der Waals surface area contributed by atoms with Crippen LogP contribution in [0.4, 0.5) is 0 Å². The zero-order valence-corrected chi connectivity index (χ0v) is 14.4. The average Bonchev–Trinajstić information content (AvgIpc) is 2.99. The van der Waals surface area contributed by atoms with Crippen molar-refractivity contribution in [1.82, 2.24) is 0 Å². The van der Waals surface area contributed by atoms with Gasteiger partial charge in [0.1, 0.15) is 0 Å². The van der Waals surface area contributed by atoms with Gasteiger partial charge in [0.2, 0.25) is 0 Å². The Morgan fingerprint density at radius 1 is 1.19 bits per heavy atom. The van der Waals surface area contributed by atoms with Crippen LogP contribution in [0.15, 0.2) is 12.1 Å². The number of hydrogen-bond donors (Lipinski definition) is 0. The van der Waals surface area contributed by atoms with Gasteiger partial charge in [0.05, 0.1) is 14.2 Å². The van der Waals surface area contributed by atoms with Crippen LogP contribution in [0.2, 0.25) is 0 Å². The van der Waals surface area contributed by atoms with Crippen molar-refractivity contribution < 1.29 is 9.47 Å². The third-order valence-electron chi connectivity index (χ3n) is 4.97. The van der Waals surface area contributed by atoms with E-state index >= 15 is 0 Å². The maximum Gasteiger partial charge on any atom is 0.161 e. The van der Waals surface area contributed by atoms with Crippen LogP contribution >= 0.6 is 23.4 Å². The van der Waals surface area contributed by atoms with Gasteiger partial charge in [0.15, 0.2) is 11.5 Å². The average molecular weight is 327 g/mol. The first-order valence-corrected chi connectivity index (χ1v) is 9.26. The second-order valence-corrected chi connectivity index (χ2v) is 7.63. The van der Waals surface area contributed by atoms with E-state index in [1.54, 1.807) is 14.2 Å². The summed E-state index contributed by atoms with van der Waals surface area (Å²) in [5.41, 5.74) is 3.26. The van der Waals surface area contributed by atoms with Crippen molar-refractivity contribution in [2.45, 2.75) is 42.8 Å². The van der Waals surface area contributed by atoms with Gasteiger partial charge in [0, 0.05) is 22.3 Å². The van der Waals surface area contributed by atoms with Crippen LogP contribution in [0.25, 0.3) is 0 Å². The smallest absolute Gasteiger partial charge is 0.161 e. The molecule has 1 aromatic carbocycles. The molecule has 0 saturated heterocycles. The second-order valence-electron chi connectivity index (χ2n) is 6.06. The summed E-state index contributed by atoms with van der Waals surface area (Å²) >= 11 is 8.09. The monoisotopic (exact) mass is 326 g/mol. The highest BCUT2D eigenvalue weighted by molar-refractivity contribution is 7.99. The fraction of sp³-hybridized carbons (Fsp3) is 0.647. The van der Waals surface area contributed by atoms with E-state index in [4.69, 9.17) is 21.1 Å². The first-order valence-electron chi connectivity index (χ1n) is 7.68. The summed E-state index contributed by atoms with van der Waals surface area (Å²) in [7, 11) is 3.43. The fourth-order valence-corrected chi connectivity index (χ4v) is 5.82. The molecule has 1 aliphatic carbocycles. The lowest BCUT2D eigenvalue weighted by molar-refractivity contribution is 0.351. The van der Waals surface area contributed by atoms with E-state index in [2.05, 4.69) is 23.9 Å². The van der Waals surface area contributed by atoms with Gasteiger partial charge in [0.25, 0.3) is 0 Å². The summed E-state index contributed by atoms with van der Waals surface area (Å²) in [6.07, 6.45) is 6.31. The fourth-order valence-electron chi connectivity index (χ4n) is 3.85. The van der Waals surface area contributed by atoms with E-state index in [0.717, 1.165) is 17.9 Å². The predicted octanol–water partition coefficient (Wildman–Crippen LogP) is 4.93. The SMILES string of the molecule is COc1cc2c(cc1OC)C1(CCCC1)CSC2CCCl. The molecule has 0 amide bonds. The van der Waals surface area contributed by atoms with Crippen molar-refractivity contribution in [3.8, 4) is 11.5 Å². The minimum Gasteiger partial charge on any atom is -0.493 e. The lowest BCUT2D eigenvalue weighted by Gasteiger charge is -2.39. The highest BCUT2D eigenvalue weighted by atomic mass is 35.5. The number of methoxy groups -OCH3 is 2. The number of alkyl halides is 1. The van der Waals surface area contributed by atoms with E-state index in [-0.39, 0.29) is 0 Å². The molecule has 0 N–H and O–H groups in total. The van der Waals surface area contributed by atoms with Gasteiger partial charge in [-0.15, -0.1) is 11.6 Å². The Hall–Kier alpha value is -0.540. The van der Waals surface area contributed by atoms with Crippen LogP contribution in [0.3, 0.4) is 0 Å². The number of fused-ring (bicyclic) bond motifs is 2. The van der Waals surface area contributed by atoms with Crippen LogP contribution < -0.4 is 9.47 Å². The molecule has 2 nitrogen and oxygen atoms in total. The van der Waals surface area contributed by atoms with Gasteiger partial charge in [-0.2, -0.15) is 11.8 Å². The van der Waals surface area contributed by atoms with Crippen LogP contribution in [-0.2, 0) is 5.41 Å². The predicted molar refractivity (Wildman–Crippen MR) is 90.2 cm³/mol. The summed E-state index contributed by atoms with van der Waals surface area (Å²) in [5.74, 6) is 3.63. The molecule has 1 aliphatic heterocycles. The number of hydrogen-bond acceptors (Lipinski definition) is 3. The first kappa shape index (κ1) is 15.4. The van der Waals surface area contributed by atoms with E-state index in [1.807, 2.05) is 0 Å². The van der Waals surface area contributed by atoms with E-state index in [9.17, 15) is 0 Å². The van der Waals surface area contributed by atoms with Crippen molar-refractivity contribution in [3.63, 3.8) is 0 Å². The molecule has 1 spiro atoms. The maximum atomic E-state index is 6.02. The maximum absolute atomic E-state index is 6.02. The zero-order chi connectivity index (χ0) is 14.9. The standard InChI is InChI=1S/C17H23ClO2S/c1-19-14-9-12-13(10-15(14)20-2)17(6-3-4-7-17)11-21-16(12)5-8-18/h9-10,16H,3-8,11H2,1-2H3. The minimum absolute atomic E-state index is 0.350. The second kappa shape index (κ2) is 6.29. The topological polar surface area (TPSA) is 18.5 Å². The molecule has 3 rings (SSSR count). The van der Waals surface area contributed by atoms with Crippen molar-refractivity contribution in [2.24, 2.45) is 0 Å². The van der Waals surface area contributed by atoms with Crippen LogP contribution in [0, 0.1) is 0 Å². The van der Waals surface area contributed by atoms with Crippen LogP contribution in [-0.4, -0.2) is 25.9 Å². The third-order valence-corrected chi connectivity index (χ3v) is 6.80. The number of ether oxygens (including phenoxy) is 2. The Morgan fingerprint density at radius 2 is 1.86 bits per heavy atom. The molecule has 4 heteroatoms. The Bertz CT molecular complexity index is 512. The summed E-state index contributed by atoms with van der Waals surface area (Å²) in [6.45, 7) is 0. The van der Waals surface area contributed by atoms with Gasteiger partial charge >= 0.3 is 0 Å². The Balaban J connectivity index is 2.11. The molecule has 1 heterocycles. The number of thioether (sulfide) groups is 1. The van der Waals surface area contributed by atoms with Crippen molar-refractivity contribution >= 4 is 23.4 Å². The molecule has 1 unspecified atom stereocenters.